The lowest BCUT2D eigenvalue weighted by Crippen LogP contribution is -2.56. The summed E-state index contributed by atoms with van der Waals surface area (Å²) in [6.45, 7) is 0. The summed E-state index contributed by atoms with van der Waals surface area (Å²) < 4.78 is 38.8. The Kier molecular flexibility index (Phi) is 3.05. The van der Waals surface area contributed by atoms with Crippen LogP contribution in [-0.4, -0.2) is 34.1 Å². The maximum Gasteiger partial charge on any atom is 0.438 e. The van der Waals surface area contributed by atoms with E-state index in [1.165, 1.54) is 0 Å². The first kappa shape index (κ1) is 14.1. The molecule has 3 atom stereocenters. The first-order valence-corrected chi connectivity index (χ1v) is 6.55. The molecule has 2 aliphatic rings. The number of amides is 1. The number of aliphatic hydroxyl groups is 1. The van der Waals surface area contributed by atoms with Crippen LogP contribution < -0.4 is 0 Å². The minimum absolute atomic E-state index is 0.105. The van der Waals surface area contributed by atoms with Gasteiger partial charge in [0.2, 0.25) is 5.91 Å². The summed E-state index contributed by atoms with van der Waals surface area (Å²) >= 11 is 0. The quantitative estimate of drug-likeness (QED) is 0.910. The van der Waals surface area contributed by atoms with Crippen LogP contribution in [0.2, 0.25) is 0 Å². The molecule has 1 saturated carbocycles. The number of hydrazone groups is 1. The van der Waals surface area contributed by atoms with Crippen LogP contribution in [0.3, 0.4) is 0 Å². The van der Waals surface area contributed by atoms with E-state index in [0.29, 0.717) is 6.42 Å². The van der Waals surface area contributed by atoms with Crippen LogP contribution in [0.15, 0.2) is 35.4 Å². The van der Waals surface area contributed by atoms with E-state index in [-0.39, 0.29) is 10.9 Å². The Morgan fingerprint density at radius 2 is 2.00 bits per heavy atom. The van der Waals surface area contributed by atoms with Gasteiger partial charge in [0.05, 0.1) is 0 Å². The molecule has 1 aliphatic carbocycles. The highest BCUT2D eigenvalue weighted by Gasteiger charge is 2.63. The average Bonchev–Trinajstić information content (AvgIpc) is 3.14. The van der Waals surface area contributed by atoms with Crippen LogP contribution in [-0.2, 0) is 4.79 Å². The van der Waals surface area contributed by atoms with Gasteiger partial charge in [0.15, 0.2) is 0 Å². The van der Waals surface area contributed by atoms with Gasteiger partial charge in [-0.25, -0.2) is 0 Å². The second-order valence-electron chi connectivity index (χ2n) is 5.33. The molecule has 7 heteroatoms. The molecule has 0 spiro atoms. The molecule has 0 aromatic heterocycles. The van der Waals surface area contributed by atoms with Crippen LogP contribution in [0.4, 0.5) is 13.2 Å². The molecular weight excluding hydrogens is 285 g/mol. The van der Waals surface area contributed by atoms with Crippen LogP contribution in [0.1, 0.15) is 24.3 Å². The fraction of sp³-hybridized carbons (Fsp3) is 0.429. The van der Waals surface area contributed by atoms with Gasteiger partial charge < -0.3 is 5.11 Å². The second-order valence-corrected chi connectivity index (χ2v) is 5.33. The van der Waals surface area contributed by atoms with Gasteiger partial charge in [0, 0.05) is 18.6 Å². The fourth-order valence-electron chi connectivity index (χ4n) is 2.60. The van der Waals surface area contributed by atoms with E-state index >= 15 is 0 Å². The van der Waals surface area contributed by atoms with Crippen LogP contribution in [0.5, 0.6) is 0 Å². The molecule has 1 aromatic carbocycles. The molecular formula is C14H13F3N2O2. The van der Waals surface area contributed by atoms with Crippen molar-refractivity contribution in [2.45, 2.75) is 30.7 Å². The van der Waals surface area contributed by atoms with Gasteiger partial charge in [-0.05, 0) is 17.9 Å². The highest BCUT2D eigenvalue weighted by atomic mass is 19.4. The van der Waals surface area contributed by atoms with Gasteiger partial charge in [-0.3, -0.25) is 4.79 Å². The maximum atomic E-state index is 12.9. The monoisotopic (exact) mass is 298 g/mol. The van der Waals surface area contributed by atoms with Crippen LogP contribution in [0, 0.1) is 5.92 Å². The summed E-state index contributed by atoms with van der Waals surface area (Å²) in [5.41, 5.74) is -2.30. The van der Waals surface area contributed by atoms with Crippen molar-refractivity contribution in [3.63, 3.8) is 0 Å². The smallest absolute Gasteiger partial charge is 0.362 e. The molecule has 1 aromatic rings. The lowest BCUT2D eigenvalue weighted by Gasteiger charge is -2.32. The number of halogens is 3. The van der Waals surface area contributed by atoms with Gasteiger partial charge in [0.25, 0.3) is 5.72 Å². The number of nitrogens with zero attached hydrogens (tertiary/aromatic N) is 2. The molecule has 4 nitrogen and oxygen atoms in total. The SMILES string of the molecule is O=C(C1CC1c1ccccc1)N1N=CCC1(O)C(F)(F)F. The lowest BCUT2D eigenvalue weighted by atomic mass is 10.1. The van der Waals surface area contributed by atoms with Gasteiger partial charge >= 0.3 is 6.18 Å². The van der Waals surface area contributed by atoms with E-state index in [2.05, 4.69) is 5.10 Å². The van der Waals surface area contributed by atoms with Gasteiger partial charge in [-0.15, -0.1) is 0 Å². The molecule has 0 saturated heterocycles. The molecule has 1 amide bonds. The van der Waals surface area contributed by atoms with E-state index in [0.717, 1.165) is 11.8 Å². The van der Waals surface area contributed by atoms with Crippen molar-refractivity contribution in [3.8, 4) is 0 Å². The first-order chi connectivity index (χ1) is 9.84. The molecule has 0 radical (unpaired) electrons. The van der Waals surface area contributed by atoms with Crippen LogP contribution in [0.25, 0.3) is 0 Å². The fourth-order valence-corrected chi connectivity index (χ4v) is 2.60. The van der Waals surface area contributed by atoms with Gasteiger partial charge in [-0.1, -0.05) is 30.3 Å². The minimum atomic E-state index is -4.93. The molecule has 0 bridgehead atoms. The number of benzene rings is 1. The van der Waals surface area contributed by atoms with Gasteiger partial charge in [-0.2, -0.15) is 23.3 Å². The van der Waals surface area contributed by atoms with Crippen molar-refractivity contribution in [2.24, 2.45) is 11.0 Å². The largest absolute Gasteiger partial charge is 0.438 e. The summed E-state index contributed by atoms with van der Waals surface area (Å²) in [6, 6.07) is 9.13. The Bertz CT molecular complexity index is 588. The van der Waals surface area contributed by atoms with E-state index in [4.69, 9.17) is 0 Å². The zero-order valence-corrected chi connectivity index (χ0v) is 10.9. The zero-order valence-electron chi connectivity index (χ0n) is 10.9. The predicted molar refractivity (Wildman–Crippen MR) is 68.2 cm³/mol. The van der Waals surface area contributed by atoms with Gasteiger partial charge in [0.1, 0.15) is 0 Å². The molecule has 3 unspecified atom stereocenters. The van der Waals surface area contributed by atoms with E-state index < -0.39 is 30.1 Å². The highest BCUT2D eigenvalue weighted by Crippen LogP contribution is 2.50. The normalized spacial score (nSPS) is 31.5. The molecule has 112 valence electrons. The van der Waals surface area contributed by atoms with Crippen molar-refractivity contribution in [1.82, 2.24) is 5.01 Å². The average molecular weight is 298 g/mol. The minimum Gasteiger partial charge on any atom is -0.362 e. The third-order valence-electron chi connectivity index (χ3n) is 3.92. The number of carbonyl (C=O) groups is 1. The predicted octanol–water partition coefficient (Wildman–Crippen LogP) is 2.26. The van der Waals surface area contributed by atoms with E-state index in [1.54, 1.807) is 0 Å². The van der Waals surface area contributed by atoms with Crippen LogP contribution >= 0.6 is 0 Å². The Morgan fingerprint density at radius 1 is 1.33 bits per heavy atom. The van der Waals surface area contributed by atoms with E-state index in [9.17, 15) is 23.1 Å². The maximum absolute atomic E-state index is 12.9. The number of alkyl halides is 3. The molecule has 1 fully saturated rings. The molecule has 1 heterocycles. The lowest BCUT2D eigenvalue weighted by molar-refractivity contribution is -0.302. The number of hydrogen-bond donors (Lipinski definition) is 1. The van der Waals surface area contributed by atoms with Crippen molar-refractivity contribution in [2.75, 3.05) is 0 Å². The zero-order chi connectivity index (χ0) is 15.3. The number of carbonyl (C=O) groups excluding carboxylic acids is 1. The topological polar surface area (TPSA) is 52.9 Å². The van der Waals surface area contributed by atoms with Crippen molar-refractivity contribution >= 4 is 12.1 Å². The van der Waals surface area contributed by atoms with E-state index in [1.807, 2.05) is 30.3 Å². The molecule has 21 heavy (non-hydrogen) atoms. The Labute approximate surface area is 118 Å². The summed E-state index contributed by atoms with van der Waals surface area (Å²) in [6.07, 6.45) is -4.27. The van der Waals surface area contributed by atoms with Crippen molar-refractivity contribution < 1.29 is 23.1 Å². The third-order valence-corrected chi connectivity index (χ3v) is 3.92. The summed E-state index contributed by atoms with van der Waals surface area (Å²) in [4.78, 5) is 12.2. The molecule has 3 rings (SSSR count). The summed E-state index contributed by atoms with van der Waals surface area (Å²) in [5.74, 6) is -1.44. The third kappa shape index (κ3) is 2.21. The van der Waals surface area contributed by atoms with Crippen molar-refractivity contribution in [1.29, 1.82) is 0 Å². The number of rotatable bonds is 2. The second kappa shape index (κ2) is 4.56. The Balaban J connectivity index is 1.77. The summed E-state index contributed by atoms with van der Waals surface area (Å²) in [7, 11) is 0. The first-order valence-electron chi connectivity index (χ1n) is 6.55. The highest BCUT2D eigenvalue weighted by molar-refractivity contribution is 5.85. The Morgan fingerprint density at radius 3 is 2.62 bits per heavy atom. The van der Waals surface area contributed by atoms with Crippen molar-refractivity contribution in [3.05, 3.63) is 35.9 Å². The molecule has 1 aliphatic heterocycles. The standard InChI is InChI=1S/C14H13F3N2O2/c15-14(16,17)13(21)6-7-18-19(13)12(20)11-8-10(11)9-4-2-1-3-5-9/h1-5,7,10-11,21H,6,8H2. The Hall–Kier alpha value is -1.89. The number of hydrogen-bond acceptors (Lipinski definition) is 3. The molecule has 1 N–H and O–H groups in total. The summed E-state index contributed by atoms with van der Waals surface area (Å²) in [5, 5.41) is 13.4.